The molecule has 2 rings (SSSR count). The lowest BCUT2D eigenvalue weighted by atomic mass is 9.93. The van der Waals surface area contributed by atoms with E-state index in [2.05, 4.69) is 20.9 Å². The van der Waals surface area contributed by atoms with E-state index in [4.69, 9.17) is 10.5 Å². The summed E-state index contributed by atoms with van der Waals surface area (Å²) >= 11 is 3.17. The molecule has 0 unspecified atom stereocenters. The van der Waals surface area contributed by atoms with E-state index in [9.17, 15) is 10.1 Å². The third-order valence-electron chi connectivity index (χ3n) is 3.59. The number of aromatic nitrogens is 1. The highest BCUT2D eigenvalue weighted by molar-refractivity contribution is 9.10. The lowest BCUT2D eigenvalue weighted by Gasteiger charge is -2.27. The molecule has 0 atom stereocenters. The van der Waals surface area contributed by atoms with Gasteiger partial charge >= 0.3 is 5.69 Å². The number of halogens is 1. The average Bonchev–Trinajstić information content (AvgIpc) is 2.62. The van der Waals surface area contributed by atoms with Crippen molar-refractivity contribution in [2.45, 2.75) is 44.1 Å². The van der Waals surface area contributed by atoms with Gasteiger partial charge in [-0.15, -0.1) is 0 Å². The molecule has 0 bridgehead atoms. The van der Waals surface area contributed by atoms with Crippen molar-refractivity contribution in [1.29, 1.82) is 0 Å². The van der Waals surface area contributed by atoms with E-state index in [0.717, 1.165) is 25.7 Å². The molecule has 0 saturated heterocycles. The second kappa shape index (κ2) is 6.49. The van der Waals surface area contributed by atoms with Gasteiger partial charge in [-0.25, -0.2) is 4.98 Å². The molecule has 0 aliphatic heterocycles. The van der Waals surface area contributed by atoms with E-state index in [1.807, 2.05) is 0 Å². The summed E-state index contributed by atoms with van der Waals surface area (Å²) in [6.45, 7) is 0.266. The fourth-order valence-corrected chi connectivity index (χ4v) is 2.77. The van der Waals surface area contributed by atoms with Crippen molar-refractivity contribution < 1.29 is 9.66 Å². The second-order valence-electron chi connectivity index (χ2n) is 5.30. The molecule has 0 spiro atoms. The van der Waals surface area contributed by atoms with Gasteiger partial charge in [0.05, 0.1) is 10.5 Å². The zero-order chi connectivity index (χ0) is 14.6. The van der Waals surface area contributed by atoms with Crippen molar-refractivity contribution >= 4 is 21.6 Å². The Morgan fingerprint density at radius 1 is 1.40 bits per heavy atom. The molecule has 1 aliphatic carbocycles. The van der Waals surface area contributed by atoms with E-state index >= 15 is 0 Å². The maximum absolute atomic E-state index is 11.0. The molecule has 1 aromatic rings. The van der Waals surface area contributed by atoms with Crippen LogP contribution in [0.25, 0.3) is 0 Å². The van der Waals surface area contributed by atoms with Gasteiger partial charge in [0.25, 0.3) is 5.88 Å². The Morgan fingerprint density at radius 2 is 2.05 bits per heavy atom. The highest BCUT2D eigenvalue weighted by Crippen LogP contribution is 2.30. The second-order valence-corrected chi connectivity index (χ2v) is 6.22. The molecule has 20 heavy (non-hydrogen) atoms. The van der Waals surface area contributed by atoms with Crippen LogP contribution in [0.4, 0.5) is 5.69 Å². The summed E-state index contributed by atoms with van der Waals surface area (Å²) in [6.07, 6.45) is 7.80. The van der Waals surface area contributed by atoms with Crippen LogP contribution in [0.1, 0.15) is 38.5 Å². The predicted octanol–water partition coefficient (Wildman–Crippen LogP) is 3.18. The average molecular weight is 344 g/mol. The van der Waals surface area contributed by atoms with Crippen molar-refractivity contribution in [3.05, 3.63) is 26.9 Å². The number of nitrogens with zero attached hydrogens (tertiary/aromatic N) is 2. The number of nitrogens with two attached hydrogens (primary N) is 1. The van der Waals surface area contributed by atoms with Gasteiger partial charge in [0.1, 0.15) is 6.61 Å². The molecule has 1 fully saturated rings. The minimum absolute atomic E-state index is 0.0345. The molecule has 0 amide bonds. The summed E-state index contributed by atoms with van der Waals surface area (Å²) in [7, 11) is 0. The highest BCUT2D eigenvalue weighted by atomic mass is 79.9. The first-order chi connectivity index (χ1) is 9.50. The van der Waals surface area contributed by atoms with Crippen molar-refractivity contribution in [3.8, 4) is 5.88 Å². The highest BCUT2D eigenvalue weighted by Gasteiger charge is 2.28. The van der Waals surface area contributed by atoms with E-state index in [1.165, 1.54) is 25.1 Å². The molecule has 1 heterocycles. The van der Waals surface area contributed by atoms with Gasteiger partial charge in [-0.3, -0.25) is 10.1 Å². The molecular weight excluding hydrogens is 326 g/mol. The minimum Gasteiger partial charge on any atom is -0.471 e. The van der Waals surface area contributed by atoms with Crippen LogP contribution >= 0.6 is 15.9 Å². The Hall–Kier alpha value is -1.21. The minimum atomic E-state index is -0.497. The third kappa shape index (κ3) is 3.89. The van der Waals surface area contributed by atoms with Crippen molar-refractivity contribution in [2.75, 3.05) is 6.61 Å². The van der Waals surface area contributed by atoms with Crippen LogP contribution in [-0.2, 0) is 0 Å². The number of rotatable bonds is 4. The van der Waals surface area contributed by atoms with E-state index in [1.54, 1.807) is 0 Å². The molecule has 0 radical (unpaired) electrons. The Labute approximate surface area is 126 Å². The number of nitro groups is 1. The Morgan fingerprint density at radius 3 is 2.65 bits per heavy atom. The summed E-state index contributed by atoms with van der Waals surface area (Å²) in [5.41, 5.74) is 5.79. The van der Waals surface area contributed by atoms with Crippen LogP contribution in [0, 0.1) is 10.1 Å². The first-order valence-electron chi connectivity index (χ1n) is 6.72. The molecule has 110 valence electrons. The molecule has 1 aromatic heterocycles. The van der Waals surface area contributed by atoms with Gasteiger partial charge in [-0.05, 0) is 28.8 Å². The summed E-state index contributed by atoms with van der Waals surface area (Å²) in [5, 5.41) is 11.0. The lowest BCUT2D eigenvalue weighted by molar-refractivity contribution is -0.386. The maximum atomic E-state index is 11.0. The molecule has 1 saturated carbocycles. The fourth-order valence-electron chi connectivity index (χ4n) is 2.45. The number of pyridine rings is 1. The largest absolute Gasteiger partial charge is 0.471 e. The standard InChI is InChI=1S/C13H18BrN3O3/c14-10-7-11(17(18)19)12(16-8-10)20-9-13(15)5-3-1-2-4-6-13/h7-8H,1-6,9,15H2. The Kier molecular flexibility index (Phi) is 4.93. The van der Waals surface area contributed by atoms with Crippen molar-refractivity contribution in [2.24, 2.45) is 5.73 Å². The van der Waals surface area contributed by atoms with Crippen LogP contribution in [0.2, 0.25) is 0 Å². The maximum Gasteiger partial charge on any atom is 0.332 e. The van der Waals surface area contributed by atoms with Gasteiger partial charge < -0.3 is 10.5 Å². The number of ether oxygens (including phenoxy) is 1. The molecule has 2 N–H and O–H groups in total. The monoisotopic (exact) mass is 343 g/mol. The van der Waals surface area contributed by atoms with E-state index < -0.39 is 10.5 Å². The van der Waals surface area contributed by atoms with Crippen molar-refractivity contribution in [1.82, 2.24) is 4.98 Å². The van der Waals surface area contributed by atoms with Crippen LogP contribution in [0.15, 0.2) is 16.7 Å². The summed E-state index contributed by atoms with van der Waals surface area (Å²) in [5.74, 6) is 0.0345. The Balaban J connectivity index is 2.08. The molecule has 7 heteroatoms. The number of hydrogen-bond donors (Lipinski definition) is 1. The fraction of sp³-hybridized carbons (Fsp3) is 0.615. The van der Waals surface area contributed by atoms with E-state index in [-0.39, 0.29) is 18.2 Å². The molecule has 0 aromatic carbocycles. The van der Waals surface area contributed by atoms with Crippen LogP contribution in [-0.4, -0.2) is 22.1 Å². The topological polar surface area (TPSA) is 91.3 Å². The SMILES string of the molecule is NC1(COc2ncc(Br)cc2[N+](=O)[O-])CCCCCC1. The zero-order valence-corrected chi connectivity index (χ0v) is 12.8. The zero-order valence-electron chi connectivity index (χ0n) is 11.2. The first kappa shape index (κ1) is 15.2. The van der Waals surface area contributed by atoms with Gasteiger partial charge in [0.15, 0.2) is 0 Å². The smallest absolute Gasteiger partial charge is 0.332 e. The normalized spacial score (nSPS) is 18.3. The molecular formula is C13H18BrN3O3. The van der Waals surface area contributed by atoms with Gasteiger partial charge in [0, 0.05) is 16.7 Å². The lowest BCUT2D eigenvalue weighted by Crippen LogP contribution is -2.45. The van der Waals surface area contributed by atoms with Crippen LogP contribution in [0.3, 0.4) is 0 Å². The van der Waals surface area contributed by atoms with Gasteiger partial charge in [-0.1, -0.05) is 25.7 Å². The van der Waals surface area contributed by atoms with Crippen LogP contribution < -0.4 is 10.5 Å². The van der Waals surface area contributed by atoms with Gasteiger partial charge in [0.2, 0.25) is 0 Å². The first-order valence-corrected chi connectivity index (χ1v) is 7.51. The van der Waals surface area contributed by atoms with Crippen LogP contribution in [0.5, 0.6) is 5.88 Å². The summed E-state index contributed by atoms with van der Waals surface area (Å²) < 4.78 is 6.10. The van der Waals surface area contributed by atoms with E-state index in [0.29, 0.717) is 4.47 Å². The van der Waals surface area contributed by atoms with Crippen molar-refractivity contribution in [3.63, 3.8) is 0 Å². The quantitative estimate of drug-likeness (QED) is 0.515. The third-order valence-corrected chi connectivity index (χ3v) is 4.02. The predicted molar refractivity (Wildman–Crippen MR) is 78.7 cm³/mol. The Bertz CT molecular complexity index is 488. The summed E-state index contributed by atoms with van der Waals surface area (Å²) in [6, 6.07) is 1.39. The molecule has 6 nitrogen and oxygen atoms in total. The number of hydrogen-bond acceptors (Lipinski definition) is 5. The summed E-state index contributed by atoms with van der Waals surface area (Å²) in [4.78, 5) is 14.5. The van der Waals surface area contributed by atoms with Gasteiger partial charge in [-0.2, -0.15) is 0 Å². The molecule has 1 aliphatic rings.